The van der Waals surface area contributed by atoms with Crippen molar-refractivity contribution in [2.45, 2.75) is 13.0 Å². The van der Waals surface area contributed by atoms with Crippen molar-refractivity contribution in [2.24, 2.45) is 5.73 Å². The maximum absolute atomic E-state index is 10.8. The Hall–Kier alpha value is -1.35. The Morgan fingerprint density at radius 1 is 1.58 bits per heavy atom. The van der Waals surface area contributed by atoms with E-state index in [1.165, 1.54) is 19.1 Å². The van der Waals surface area contributed by atoms with Crippen LogP contribution in [0.1, 0.15) is 18.5 Å². The second kappa shape index (κ2) is 3.36. The van der Waals surface area contributed by atoms with E-state index in [2.05, 4.69) is 0 Å². The number of ketones is 1. The van der Waals surface area contributed by atoms with Gasteiger partial charge < -0.3 is 10.8 Å². The molecule has 1 unspecified atom stereocenters. The first-order chi connectivity index (χ1) is 5.61. The van der Waals surface area contributed by atoms with Crippen molar-refractivity contribution in [1.82, 2.24) is 0 Å². The van der Waals surface area contributed by atoms with Gasteiger partial charge in [0.2, 0.25) is 0 Å². The lowest BCUT2D eigenvalue weighted by Crippen LogP contribution is -2.18. The summed E-state index contributed by atoms with van der Waals surface area (Å²) in [7, 11) is 0. The molecule has 0 aliphatic heterocycles. The number of Topliss-reactive ketones (excluding diaryl/α,β-unsaturated/α-hetero) is 1. The van der Waals surface area contributed by atoms with Gasteiger partial charge in [-0.2, -0.15) is 0 Å². The monoisotopic (exact) mass is 165 g/mol. The average molecular weight is 165 g/mol. The molecular formula is C9H11NO2. The largest absolute Gasteiger partial charge is 0.508 e. The molecule has 0 aliphatic rings. The summed E-state index contributed by atoms with van der Waals surface area (Å²) in [4.78, 5) is 10.8. The molecule has 0 bridgehead atoms. The maximum atomic E-state index is 10.8. The van der Waals surface area contributed by atoms with Crippen LogP contribution >= 0.6 is 0 Å². The highest BCUT2D eigenvalue weighted by Crippen LogP contribution is 2.16. The maximum Gasteiger partial charge on any atom is 0.150 e. The fourth-order valence-electron chi connectivity index (χ4n) is 0.953. The fraction of sp³-hybridized carbons (Fsp3) is 0.222. The van der Waals surface area contributed by atoms with Crippen LogP contribution < -0.4 is 5.73 Å². The number of phenolic OH excluding ortho intramolecular Hbond substituents is 1. The molecule has 3 heteroatoms. The molecule has 0 heterocycles. The van der Waals surface area contributed by atoms with Crippen molar-refractivity contribution >= 4 is 5.78 Å². The van der Waals surface area contributed by atoms with E-state index in [0.717, 1.165) is 0 Å². The van der Waals surface area contributed by atoms with Crippen LogP contribution in [-0.2, 0) is 4.79 Å². The van der Waals surface area contributed by atoms with Crippen LogP contribution in [0.3, 0.4) is 0 Å². The molecule has 1 aromatic carbocycles. The number of hydrogen-bond donors (Lipinski definition) is 2. The van der Waals surface area contributed by atoms with Gasteiger partial charge in [0.15, 0.2) is 5.78 Å². The number of aromatic hydroxyl groups is 1. The highest BCUT2D eigenvalue weighted by Gasteiger charge is 2.10. The van der Waals surface area contributed by atoms with Gasteiger partial charge in [0.1, 0.15) is 5.75 Å². The van der Waals surface area contributed by atoms with Gasteiger partial charge in [-0.1, -0.05) is 12.1 Å². The van der Waals surface area contributed by atoms with Crippen LogP contribution in [0.25, 0.3) is 0 Å². The summed E-state index contributed by atoms with van der Waals surface area (Å²) in [5, 5.41) is 9.08. The Kier molecular flexibility index (Phi) is 2.45. The number of rotatable bonds is 2. The van der Waals surface area contributed by atoms with Gasteiger partial charge in [0.05, 0.1) is 6.04 Å². The predicted octanol–water partition coefficient (Wildman–Crippen LogP) is 0.981. The Morgan fingerprint density at radius 3 is 2.75 bits per heavy atom. The third-order valence-corrected chi connectivity index (χ3v) is 1.67. The topological polar surface area (TPSA) is 63.3 Å². The minimum atomic E-state index is -0.628. The van der Waals surface area contributed by atoms with Crippen LogP contribution in [0.15, 0.2) is 24.3 Å². The van der Waals surface area contributed by atoms with E-state index in [4.69, 9.17) is 10.8 Å². The smallest absolute Gasteiger partial charge is 0.150 e. The molecule has 0 fully saturated rings. The number of phenols is 1. The van der Waals surface area contributed by atoms with Crippen molar-refractivity contribution in [1.29, 1.82) is 0 Å². The van der Waals surface area contributed by atoms with E-state index < -0.39 is 6.04 Å². The molecule has 64 valence electrons. The Balaban J connectivity index is 2.95. The third-order valence-electron chi connectivity index (χ3n) is 1.67. The molecule has 0 saturated carbocycles. The standard InChI is InChI=1S/C9H11NO2/c1-6(11)9(10)7-3-2-4-8(12)5-7/h2-5,9,12H,10H2,1H3. The normalized spacial score (nSPS) is 12.5. The van der Waals surface area contributed by atoms with Crippen molar-refractivity contribution in [2.75, 3.05) is 0 Å². The molecule has 0 spiro atoms. The van der Waals surface area contributed by atoms with Gasteiger partial charge >= 0.3 is 0 Å². The minimum Gasteiger partial charge on any atom is -0.508 e. The van der Waals surface area contributed by atoms with Crippen LogP contribution in [0.2, 0.25) is 0 Å². The first-order valence-electron chi connectivity index (χ1n) is 3.66. The van der Waals surface area contributed by atoms with Gasteiger partial charge in [0, 0.05) is 0 Å². The van der Waals surface area contributed by atoms with Crippen molar-refractivity contribution < 1.29 is 9.90 Å². The van der Waals surface area contributed by atoms with E-state index in [0.29, 0.717) is 5.56 Å². The van der Waals surface area contributed by atoms with Crippen molar-refractivity contribution in [3.05, 3.63) is 29.8 Å². The van der Waals surface area contributed by atoms with Crippen molar-refractivity contribution in [3.8, 4) is 5.75 Å². The van der Waals surface area contributed by atoms with E-state index in [1.54, 1.807) is 12.1 Å². The minimum absolute atomic E-state index is 0.111. The molecule has 1 rings (SSSR count). The zero-order chi connectivity index (χ0) is 9.14. The van der Waals surface area contributed by atoms with Gasteiger partial charge in [-0.05, 0) is 24.6 Å². The summed E-state index contributed by atoms with van der Waals surface area (Å²) in [6, 6.07) is 5.78. The number of benzene rings is 1. The summed E-state index contributed by atoms with van der Waals surface area (Å²) in [6.07, 6.45) is 0. The molecular weight excluding hydrogens is 154 g/mol. The van der Waals surface area contributed by atoms with Gasteiger partial charge in [0.25, 0.3) is 0 Å². The molecule has 12 heavy (non-hydrogen) atoms. The highest BCUT2D eigenvalue weighted by molar-refractivity contribution is 5.82. The summed E-state index contributed by atoms with van der Waals surface area (Å²) in [5.74, 6) is 0.0183. The molecule has 0 saturated heterocycles. The number of carbonyl (C=O) groups excluding carboxylic acids is 1. The number of nitrogens with two attached hydrogens (primary N) is 1. The van der Waals surface area contributed by atoms with E-state index in [1.807, 2.05) is 0 Å². The van der Waals surface area contributed by atoms with Crippen LogP contribution in [0.5, 0.6) is 5.75 Å². The van der Waals surface area contributed by atoms with Gasteiger partial charge in [-0.25, -0.2) is 0 Å². The molecule has 1 aromatic rings. The lowest BCUT2D eigenvalue weighted by atomic mass is 10.0. The van der Waals surface area contributed by atoms with Crippen LogP contribution in [0, 0.1) is 0 Å². The molecule has 0 aliphatic carbocycles. The molecule has 0 amide bonds. The summed E-state index contributed by atoms with van der Waals surface area (Å²) < 4.78 is 0. The zero-order valence-corrected chi connectivity index (χ0v) is 6.82. The highest BCUT2D eigenvalue weighted by atomic mass is 16.3. The van der Waals surface area contributed by atoms with Gasteiger partial charge in [-0.15, -0.1) is 0 Å². The lowest BCUT2D eigenvalue weighted by Gasteiger charge is -2.07. The molecule has 3 nitrogen and oxygen atoms in total. The number of carbonyl (C=O) groups is 1. The van der Waals surface area contributed by atoms with Crippen molar-refractivity contribution in [3.63, 3.8) is 0 Å². The summed E-state index contributed by atoms with van der Waals surface area (Å²) in [6.45, 7) is 1.43. The van der Waals surface area contributed by atoms with E-state index in [9.17, 15) is 4.79 Å². The predicted molar refractivity (Wildman–Crippen MR) is 45.7 cm³/mol. The first kappa shape index (κ1) is 8.74. The Morgan fingerprint density at radius 2 is 2.25 bits per heavy atom. The average Bonchev–Trinajstić information content (AvgIpc) is 2.03. The molecule has 0 aromatic heterocycles. The van der Waals surface area contributed by atoms with Gasteiger partial charge in [-0.3, -0.25) is 4.79 Å². The Bertz CT molecular complexity index is 296. The Labute approximate surface area is 70.8 Å². The summed E-state index contributed by atoms with van der Waals surface area (Å²) >= 11 is 0. The summed E-state index contributed by atoms with van der Waals surface area (Å²) in [5.41, 5.74) is 6.19. The first-order valence-corrected chi connectivity index (χ1v) is 3.66. The number of hydrogen-bond acceptors (Lipinski definition) is 3. The van der Waals surface area contributed by atoms with Crippen LogP contribution in [-0.4, -0.2) is 10.9 Å². The third kappa shape index (κ3) is 1.83. The quantitative estimate of drug-likeness (QED) is 0.686. The zero-order valence-electron chi connectivity index (χ0n) is 6.82. The SMILES string of the molecule is CC(=O)C(N)c1cccc(O)c1. The van der Waals surface area contributed by atoms with E-state index in [-0.39, 0.29) is 11.5 Å². The molecule has 0 radical (unpaired) electrons. The molecule has 1 atom stereocenters. The molecule has 3 N–H and O–H groups in total. The van der Waals surface area contributed by atoms with Crippen LogP contribution in [0.4, 0.5) is 0 Å². The second-order valence-electron chi connectivity index (χ2n) is 2.68. The second-order valence-corrected chi connectivity index (χ2v) is 2.68. The van der Waals surface area contributed by atoms with E-state index >= 15 is 0 Å². The lowest BCUT2D eigenvalue weighted by molar-refractivity contribution is -0.118. The fourth-order valence-corrected chi connectivity index (χ4v) is 0.953.